The summed E-state index contributed by atoms with van der Waals surface area (Å²) in [5.74, 6) is 1.67. The van der Waals surface area contributed by atoms with Crippen LogP contribution in [0.4, 0.5) is 0 Å². The summed E-state index contributed by atoms with van der Waals surface area (Å²) in [5, 5.41) is 7.06. The highest BCUT2D eigenvalue weighted by Crippen LogP contribution is 2.33. The number of nitrogens with zero attached hydrogens (tertiary/aromatic N) is 2. The molecular formula is C18H37IN4O. The average molecular weight is 452 g/mol. The first-order valence-electron chi connectivity index (χ1n) is 9.43. The van der Waals surface area contributed by atoms with Crippen LogP contribution in [0.25, 0.3) is 0 Å². The van der Waals surface area contributed by atoms with E-state index in [1.54, 1.807) is 0 Å². The summed E-state index contributed by atoms with van der Waals surface area (Å²) in [6.07, 6.45) is 7.84. The van der Waals surface area contributed by atoms with E-state index >= 15 is 0 Å². The van der Waals surface area contributed by atoms with E-state index in [1.807, 2.05) is 7.05 Å². The molecule has 2 aliphatic rings. The van der Waals surface area contributed by atoms with Crippen molar-refractivity contribution < 1.29 is 4.74 Å². The zero-order chi connectivity index (χ0) is 16.5. The van der Waals surface area contributed by atoms with Gasteiger partial charge in [0.2, 0.25) is 0 Å². The maximum absolute atomic E-state index is 5.56. The lowest BCUT2D eigenvalue weighted by Gasteiger charge is -2.48. The van der Waals surface area contributed by atoms with E-state index in [0.717, 1.165) is 51.3 Å². The smallest absolute Gasteiger partial charge is 0.191 e. The summed E-state index contributed by atoms with van der Waals surface area (Å²) < 4.78 is 5.56. The van der Waals surface area contributed by atoms with Gasteiger partial charge in [0.1, 0.15) is 0 Å². The molecule has 1 saturated carbocycles. The Balaban J connectivity index is 0.00000288. The molecule has 142 valence electrons. The second-order valence-corrected chi connectivity index (χ2v) is 7.42. The van der Waals surface area contributed by atoms with E-state index < -0.39 is 0 Å². The first-order chi connectivity index (χ1) is 11.2. The van der Waals surface area contributed by atoms with Crippen LogP contribution in [0.15, 0.2) is 4.99 Å². The lowest BCUT2D eigenvalue weighted by molar-refractivity contribution is -0.0352. The van der Waals surface area contributed by atoms with Crippen LogP contribution in [0.1, 0.15) is 52.4 Å². The number of rotatable bonds is 6. The number of nitrogens with one attached hydrogen (secondary N) is 2. The van der Waals surface area contributed by atoms with Crippen LogP contribution in [-0.2, 0) is 4.74 Å². The summed E-state index contributed by atoms with van der Waals surface area (Å²) in [4.78, 5) is 7.07. The van der Waals surface area contributed by atoms with Crippen molar-refractivity contribution in [3.05, 3.63) is 0 Å². The zero-order valence-corrected chi connectivity index (χ0v) is 18.1. The second kappa shape index (κ2) is 11.5. The van der Waals surface area contributed by atoms with Gasteiger partial charge in [-0.1, -0.05) is 33.1 Å². The number of aliphatic imine (C=N–C) groups is 1. The number of morpholine rings is 1. The van der Waals surface area contributed by atoms with E-state index in [9.17, 15) is 0 Å². The van der Waals surface area contributed by atoms with E-state index in [0.29, 0.717) is 0 Å². The fourth-order valence-electron chi connectivity index (χ4n) is 3.80. The van der Waals surface area contributed by atoms with Crippen molar-refractivity contribution in [3.8, 4) is 0 Å². The van der Waals surface area contributed by atoms with Gasteiger partial charge in [-0.15, -0.1) is 24.0 Å². The quantitative estimate of drug-likeness (QED) is 0.370. The highest BCUT2D eigenvalue weighted by molar-refractivity contribution is 14.0. The number of halogens is 1. The van der Waals surface area contributed by atoms with Gasteiger partial charge in [0.15, 0.2) is 5.96 Å². The van der Waals surface area contributed by atoms with Crippen molar-refractivity contribution in [2.24, 2.45) is 10.9 Å². The fourth-order valence-corrected chi connectivity index (χ4v) is 3.80. The first kappa shape index (κ1) is 22.0. The summed E-state index contributed by atoms with van der Waals surface area (Å²) in [7, 11) is 1.87. The van der Waals surface area contributed by atoms with Crippen LogP contribution in [-0.4, -0.2) is 62.8 Å². The summed E-state index contributed by atoms with van der Waals surface area (Å²) in [6, 6.07) is 0. The molecule has 6 heteroatoms. The first-order valence-corrected chi connectivity index (χ1v) is 9.43. The molecule has 0 aromatic carbocycles. The van der Waals surface area contributed by atoms with Gasteiger partial charge >= 0.3 is 0 Å². The minimum atomic E-state index is 0. The molecule has 0 aromatic heterocycles. The van der Waals surface area contributed by atoms with E-state index in [2.05, 4.69) is 34.4 Å². The Labute approximate surface area is 165 Å². The third-order valence-corrected chi connectivity index (χ3v) is 5.29. The van der Waals surface area contributed by atoms with Crippen molar-refractivity contribution in [2.75, 3.05) is 46.4 Å². The van der Waals surface area contributed by atoms with Crippen molar-refractivity contribution in [2.45, 2.75) is 57.9 Å². The molecule has 2 fully saturated rings. The Morgan fingerprint density at radius 2 is 1.79 bits per heavy atom. The molecule has 1 saturated heterocycles. The number of hydrogen-bond donors (Lipinski definition) is 2. The molecule has 0 aromatic rings. The normalized spacial score (nSPS) is 22.1. The molecule has 0 radical (unpaired) electrons. The minimum absolute atomic E-state index is 0. The van der Waals surface area contributed by atoms with Crippen LogP contribution in [0, 0.1) is 5.92 Å². The lowest BCUT2D eigenvalue weighted by atomic mass is 9.80. The molecule has 24 heavy (non-hydrogen) atoms. The Morgan fingerprint density at radius 3 is 2.38 bits per heavy atom. The third kappa shape index (κ3) is 6.67. The zero-order valence-electron chi connectivity index (χ0n) is 15.8. The van der Waals surface area contributed by atoms with Gasteiger partial charge in [-0.05, 0) is 25.2 Å². The number of hydrogen-bond acceptors (Lipinski definition) is 3. The maximum atomic E-state index is 5.56. The molecule has 0 unspecified atom stereocenters. The molecule has 0 bridgehead atoms. The molecule has 1 aliphatic carbocycles. The standard InChI is InChI=1S/C18H36N4O.HI/c1-16(2)7-10-20-17(19-3)21-15-18(8-5-4-6-9-18)22-11-13-23-14-12-22;/h16H,4-15H2,1-3H3,(H2,19,20,21);1H. The molecule has 0 amide bonds. The van der Waals surface area contributed by atoms with Gasteiger partial charge in [-0.3, -0.25) is 9.89 Å². The Kier molecular flexibility index (Phi) is 10.5. The lowest BCUT2D eigenvalue weighted by Crippen LogP contribution is -2.60. The van der Waals surface area contributed by atoms with Crippen molar-refractivity contribution in [1.82, 2.24) is 15.5 Å². The third-order valence-electron chi connectivity index (χ3n) is 5.29. The van der Waals surface area contributed by atoms with Crippen LogP contribution in [0.5, 0.6) is 0 Å². The van der Waals surface area contributed by atoms with Crippen LogP contribution < -0.4 is 10.6 Å². The van der Waals surface area contributed by atoms with Crippen LogP contribution in [0.2, 0.25) is 0 Å². The molecule has 1 heterocycles. The van der Waals surface area contributed by atoms with Crippen LogP contribution >= 0.6 is 24.0 Å². The Bertz CT molecular complexity index is 364. The molecule has 5 nitrogen and oxygen atoms in total. The predicted octanol–water partition coefficient (Wildman–Crippen LogP) is 2.85. The SMILES string of the molecule is CN=C(NCCC(C)C)NCC1(N2CCOCC2)CCCCC1.I. The Morgan fingerprint density at radius 1 is 1.12 bits per heavy atom. The Hall–Kier alpha value is -0.0800. The molecular weight excluding hydrogens is 415 g/mol. The fraction of sp³-hybridized carbons (Fsp3) is 0.944. The van der Waals surface area contributed by atoms with Crippen LogP contribution in [0.3, 0.4) is 0 Å². The average Bonchev–Trinajstić information content (AvgIpc) is 2.59. The summed E-state index contributed by atoms with van der Waals surface area (Å²) in [6.45, 7) is 10.4. The van der Waals surface area contributed by atoms with Gasteiger partial charge in [0.05, 0.1) is 13.2 Å². The van der Waals surface area contributed by atoms with Gasteiger partial charge in [-0.2, -0.15) is 0 Å². The van der Waals surface area contributed by atoms with Crippen molar-refractivity contribution in [1.29, 1.82) is 0 Å². The predicted molar refractivity (Wildman–Crippen MR) is 112 cm³/mol. The molecule has 2 N–H and O–H groups in total. The number of ether oxygens (including phenoxy) is 1. The van der Waals surface area contributed by atoms with E-state index in [1.165, 1.54) is 38.5 Å². The molecule has 2 rings (SSSR count). The molecule has 0 atom stereocenters. The molecule has 0 spiro atoms. The van der Waals surface area contributed by atoms with Crippen molar-refractivity contribution >= 4 is 29.9 Å². The van der Waals surface area contributed by atoms with Gasteiger partial charge < -0.3 is 15.4 Å². The highest BCUT2D eigenvalue weighted by atomic mass is 127. The maximum Gasteiger partial charge on any atom is 0.191 e. The van der Waals surface area contributed by atoms with Gasteiger partial charge in [0, 0.05) is 38.8 Å². The van der Waals surface area contributed by atoms with Gasteiger partial charge in [0.25, 0.3) is 0 Å². The minimum Gasteiger partial charge on any atom is -0.379 e. The summed E-state index contributed by atoms with van der Waals surface area (Å²) in [5.41, 5.74) is 0.289. The topological polar surface area (TPSA) is 48.9 Å². The van der Waals surface area contributed by atoms with Crippen molar-refractivity contribution in [3.63, 3.8) is 0 Å². The second-order valence-electron chi connectivity index (χ2n) is 7.42. The number of guanidine groups is 1. The van der Waals surface area contributed by atoms with E-state index in [-0.39, 0.29) is 29.5 Å². The monoisotopic (exact) mass is 452 g/mol. The summed E-state index contributed by atoms with van der Waals surface area (Å²) >= 11 is 0. The van der Waals surface area contributed by atoms with E-state index in [4.69, 9.17) is 4.74 Å². The highest BCUT2D eigenvalue weighted by Gasteiger charge is 2.38. The largest absolute Gasteiger partial charge is 0.379 e. The molecule has 1 aliphatic heterocycles. The van der Waals surface area contributed by atoms with Gasteiger partial charge in [-0.25, -0.2) is 0 Å².